The second-order valence-electron chi connectivity index (χ2n) is 20.2. The van der Waals surface area contributed by atoms with E-state index in [2.05, 4.69) is 0 Å². The van der Waals surface area contributed by atoms with Crippen LogP contribution in [-0.4, -0.2) is 127 Å². The first kappa shape index (κ1) is 55.7. The van der Waals surface area contributed by atoms with Gasteiger partial charge in [0.15, 0.2) is 5.78 Å². The number of methoxy groups -OCH3 is 3. The summed E-state index contributed by atoms with van der Waals surface area (Å²) in [6.45, 7) is 10.7. The molecule has 3 saturated heterocycles. The Morgan fingerprint density at radius 1 is 0.868 bits per heavy atom. The van der Waals surface area contributed by atoms with Gasteiger partial charge in [-0.1, -0.05) is 64.2 Å². The van der Waals surface area contributed by atoms with Crippen LogP contribution in [0.25, 0.3) is 0 Å². The lowest BCUT2D eigenvalue weighted by Gasteiger charge is -2.50. The summed E-state index contributed by atoms with van der Waals surface area (Å²) in [4.78, 5) is 72.4. The van der Waals surface area contributed by atoms with Crippen molar-refractivity contribution in [3.63, 3.8) is 0 Å². The van der Waals surface area contributed by atoms with Crippen molar-refractivity contribution < 1.29 is 67.0 Å². The van der Waals surface area contributed by atoms with Gasteiger partial charge in [0.05, 0.1) is 24.4 Å². The summed E-state index contributed by atoms with van der Waals surface area (Å²) in [5.41, 5.74) is 12.4. The minimum absolute atomic E-state index is 0.00643. The molecule has 18 heteroatoms. The molecule has 4 fully saturated rings. The molecule has 5 aliphatic rings. The van der Waals surface area contributed by atoms with E-state index in [-0.39, 0.29) is 36.4 Å². The second kappa shape index (κ2) is 24.3. The molecule has 382 valence electrons. The Labute approximate surface area is 402 Å². The fourth-order valence-electron chi connectivity index (χ4n) is 11.2. The van der Waals surface area contributed by atoms with E-state index in [4.69, 9.17) is 39.2 Å². The largest absolute Gasteiger partial charge is 0.460 e. The molecule has 0 radical (unpaired) electrons. The van der Waals surface area contributed by atoms with Gasteiger partial charge < -0.3 is 43.3 Å². The van der Waals surface area contributed by atoms with Crippen LogP contribution in [0.4, 0.5) is 0 Å². The molecule has 1 saturated carbocycles. The SMILES string of the molecule is CO[C@H]1C[C@@H]2CC[C@@H](C)[C@@](O)(O2)C(=O)C(=O)N2CCC[C@@H]3C(C[C@@H]4CC[C@@H](OP(N)(N)=O)[C@H](OC)C4)[C@H](CC(=O)C(C)/C=C(\C)[C@@H](O)[C@@H](OC)C(=O)[C@H](C)CC(C)/C=C/C=C/C=C1C)OC(=O)[C@H]32. The summed E-state index contributed by atoms with van der Waals surface area (Å²) >= 11 is 0. The third kappa shape index (κ3) is 13.6. The van der Waals surface area contributed by atoms with E-state index in [1.165, 1.54) is 19.1 Å². The van der Waals surface area contributed by atoms with Crippen molar-refractivity contribution in [2.75, 3.05) is 27.9 Å². The number of amides is 1. The molecule has 0 spiro atoms. The smallest absolute Gasteiger partial charge is 0.335 e. The van der Waals surface area contributed by atoms with Crippen molar-refractivity contribution >= 4 is 36.9 Å². The molecule has 17 nitrogen and oxygen atoms in total. The predicted molar refractivity (Wildman–Crippen MR) is 253 cm³/mol. The number of esters is 1. The maximum absolute atomic E-state index is 14.5. The standard InChI is InChI=1S/C50H78N3O14P/c1-28-14-11-10-12-15-29(2)40(62-7)26-35-19-17-33(6)50(60,66-35)47(57)48(58)53-21-13-16-36-37(24-34-18-20-39(42(25-34)63-8)67-68(51,52)61)41(65-49(59)43(36)53)27-38(54)30(3)23-32(5)45(56)46(64-9)44(55)31(4)22-28/h10-12,14-15,23,28,30-31,33-37,39-43,45-46,56,60H,13,16-22,24-27H2,1-9H3,(H4,51,52,61)/b12-10+,14-11+,29-15?,32-23+/t28?,30?,31-,33-,34+,35+,36-,37?,39-,40+,41+,42-,43+,45-,46+,50-/m1/s1. The number of nitrogens with two attached hydrogens (primary N) is 2. The molecular weight excluding hydrogens is 898 g/mol. The number of ketones is 3. The van der Waals surface area contributed by atoms with Gasteiger partial charge in [0.2, 0.25) is 5.79 Å². The van der Waals surface area contributed by atoms with Crippen molar-refractivity contribution in [3.8, 4) is 0 Å². The zero-order chi connectivity index (χ0) is 50.2. The number of rotatable bonds is 7. The number of allylic oxidation sites excluding steroid dienone is 6. The Morgan fingerprint density at radius 2 is 1.59 bits per heavy atom. The van der Waals surface area contributed by atoms with Crippen molar-refractivity contribution in [2.45, 2.75) is 167 Å². The van der Waals surface area contributed by atoms with E-state index in [0.717, 1.165) is 5.57 Å². The molecule has 1 aliphatic carbocycles. The zero-order valence-electron chi connectivity index (χ0n) is 41.5. The first-order valence-corrected chi connectivity index (χ1v) is 26.1. The molecular formula is C50H78N3O14P. The molecule has 0 aromatic heterocycles. The fourth-order valence-corrected chi connectivity index (χ4v) is 11.9. The number of piperidine rings is 1. The van der Waals surface area contributed by atoms with Gasteiger partial charge in [-0.3, -0.25) is 23.7 Å². The number of carbonyl (C=O) groups excluding carboxylic acids is 5. The van der Waals surface area contributed by atoms with Crippen molar-refractivity contribution in [3.05, 3.63) is 47.6 Å². The average molecular weight is 976 g/mol. The maximum atomic E-state index is 14.5. The lowest BCUT2D eigenvalue weighted by atomic mass is 9.68. The Balaban J connectivity index is 1.51. The number of carbonyl (C=O) groups is 5. The molecule has 6 N–H and O–H groups in total. The summed E-state index contributed by atoms with van der Waals surface area (Å²) < 4.78 is 47.3. The first-order valence-electron chi connectivity index (χ1n) is 24.4. The molecule has 5 rings (SSSR count). The van der Waals surface area contributed by atoms with E-state index < -0.39 is 109 Å². The highest BCUT2D eigenvalue weighted by Gasteiger charge is 2.57. The van der Waals surface area contributed by atoms with Gasteiger partial charge in [-0.25, -0.2) is 15.8 Å². The van der Waals surface area contributed by atoms with Crippen LogP contribution in [0.5, 0.6) is 0 Å². The van der Waals surface area contributed by atoms with Gasteiger partial charge in [0.25, 0.3) is 11.7 Å². The highest BCUT2D eigenvalue weighted by atomic mass is 31.2. The number of Topliss-reactive ketones (excluding diaryl/α,β-unsaturated/α-hetero) is 3. The van der Waals surface area contributed by atoms with Crippen LogP contribution < -0.4 is 11.0 Å². The summed E-state index contributed by atoms with van der Waals surface area (Å²) in [7, 11) is 0.626. The van der Waals surface area contributed by atoms with Gasteiger partial charge in [-0.05, 0) is 101 Å². The number of fused-ring (bicyclic) bond motifs is 4. The van der Waals surface area contributed by atoms with E-state index in [1.54, 1.807) is 40.9 Å². The summed E-state index contributed by atoms with van der Waals surface area (Å²) in [6.07, 6.45) is 9.83. The Bertz CT molecular complexity index is 1980. The van der Waals surface area contributed by atoms with Crippen LogP contribution >= 0.6 is 7.67 Å². The second-order valence-corrected chi connectivity index (χ2v) is 21.7. The molecule has 4 bridgehead atoms. The minimum atomic E-state index is -3.82. The molecule has 16 atom stereocenters. The number of hydrogen-bond donors (Lipinski definition) is 4. The van der Waals surface area contributed by atoms with Crippen molar-refractivity contribution in [2.24, 2.45) is 52.4 Å². The quantitative estimate of drug-likeness (QED) is 0.107. The van der Waals surface area contributed by atoms with Gasteiger partial charge >= 0.3 is 13.6 Å². The highest BCUT2D eigenvalue weighted by molar-refractivity contribution is 7.53. The molecule has 1 amide bonds. The zero-order valence-corrected chi connectivity index (χ0v) is 42.3. The number of aliphatic hydroxyl groups excluding tert-OH is 1. The molecule has 0 aromatic rings. The van der Waals surface area contributed by atoms with Crippen LogP contribution in [0.1, 0.15) is 112 Å². The molecule has 68 heavy (non-hydrogen) atoms. The number of nitrogens with zero attached hydrogens (tertiary/aromatic N) is 1. The lowest BCUT2D eigenvalue weighted by molar-refractivity contribution is -0.266. The molecule has 3 unspecified atom stereocenters. The van der Waals surface area contributed by atoms with Crippen molar-refractivity contribution in [1.29, 1.82) is 0 Å². The minimum Gasteiger partial charge on any atom is -0.460 e. The van der Waals surface area contributed by atoms with Crippen LogP contribution in [0.3, 0.4) is 0 Å². The fraction of sp³-hybridized carbons (Fsp3) is 0.740. The van der Waals surface area contributed by atoms with Crippen LogP contribution in [0, 0.1) is 41.4 Å². The van der Waals surface area contributed by atoms with Crippen LogP contribution in [0.2, 0.25) is 0 Å². The summed E-state index contributed by atoms with van der Waals surface area (Å²) in [5.74, 6) is -8.97. The Morgan fingerprint density at radius 3 is 2.25 bits per heavy atom. The van der Waals surface area contributed by atoms with E-state index in [0.29, 0.717) is 69.8 Å². The van der Waals surface area contributed by atoms with Gasteiger partial charge in [-0.2, -0.15) is 0 Å². The van der Waals surface area contributed by atoms with Gasteiger partial charge in [0.1, 0.15) is 30.1 Å². The third-order valence-electron chi connectivity index (χ3n) is 15.2. The number of aliphatic hydroxyl groups is 2. The van der Waals surface area contributed by atoms with Gasteiger partial charge in [-0.15, -0.1) is 0 Å². The Kier molecular flexibility index (Phi) is 19.9. The number of ether oxygens (including phenoxy) is 5. The summed E-state index contributed by atoms with van der Waals surface area (Å²) in [5, 5.41) is 23.5. The molecule has 0 aromatic carbocycles. The van der Waals surface area contributed by atoms with Crippen LogP contribution in [-0.2, 0) is 56.7 Å². The van der Waals surface area contributed by atoms with Crippen molar-refractivity contribution in [1.82, 2.24) is 4.90 Å². The third-order valence-corrected chi connectivity index (χ3v) is 15.8. The summed E-state index contributed by atoms with van der Waals surface area (Å²) in [6, 6.07) is -1.18. The highest BCUT2D eigenvalue weighted by Crippen LogP contribution is 2.46. The van der Waals surface area contributed by atoms with E-state index in [9.17, 15) is 38.8 Å². The van der Waals surface area contributed by atoms with E-state index in [1.807, 2.05) is 44.2 Å². The lowest BCUT2D eigenvalue weighted by Crippen LogP contribution is -2.65. The number of hydrogen-bond acceptors (Lipinski definition) is 14. The molecule has 4 heterocycles. The normalized spacial score (nSPS) is 40.8. The average Bonchev–Trinajstić information content (AvgIpc) is 3.29. The van der Waals surface area contributed by atoms with E-state index >= 15 is 0 Å². The molecule has 4 aliphatic heterocycles. The monoisotopic (exact) mass is 976 g/mol. The Hall–Kier alpha value is -3.22. The van der Waals surface area contributed by atoms with Crippen LogP contribution in [0.15, 0.2) is 47.6 Å². The topological polar surface area (TPSA) is 254 Å². The predicted octanol–water partition coefficient (Wildman–Crippen LogP) is 5.45. The first-order chi connectivity index (χ1) is 32.0. The maximum Gasteiger partial charge on any atom is 0.335 e. The van der Waals surface area contributed by atoms with Gasteiger partial charge in [0, 0.05) is 64.4 Å².